The summed E-state index contributed by atoms with van der Waals surface area (Å²) in [7, 11) is 1.66. The van der Waals surface area contributed by atoms with Crippen LogP contribution in [0.2, 0.25) is 0 Å². The maximum absolute atomic E-state index is 8.88. The number of methoxy groups -OCH3 is 1. The summed E-state index contributed by atoms with van der Waals surface area (Å²) >= 11 is 0. The van der Waals surface area contributed by atoms with Crippen LogP contribution in [-0.4, -0.2) is 25.4 Å². The molecular weight excluding hydrogens is 204 g/mol. The van der Waals surface area contributed by atoms with Crippen molar-refractivity contribution in [3.05, 3.63) is 29.8 Å². The summed E-state index contributed by atoms with van der Waals surface area (Å²) in [6, 6.07) is 7.89. The molecule has 1 aliphatic rings. The number of aliphatic hydroxyl groups is 1. The van der Waals surface area contributed by atoms with E-state index < -0.39 is 0 Å². The molecule has 0 heterocycles. The Balaban J connectivity index is 1.69. The molecule has 0 bridgehead atoms. The third kappa shape index (κ3) is 2.97. The molecule has 2 atom stereocenters. The van der Waals surface area contributed by atoms with Gasteiger partial charge in [0.25, 0.3) is 0 Å². The van der Waals surface area contributed by atoms with Gasteiger partial charge in [-0.1, -0.05) is 12.1 Å². The second-order valence-electron chi connectivity index (χ2n) is 4.30. The molecule has 1 aromatic rings. The van der Waals surface area contributed by atoms with Crippen LogP contribution >= 0.6 is 0 Å². The molecule has 0 saturated heterocycles. The fraction of sp³-hybridized carbons (Fsp3) is 0.538. The van der Waals surface area contributed by atoms with Gasteiger partial charge in [0.1, 0.15) is 5.75 Å². The van der Waals surface area contributed by atoms with Gasteiger partial charge >= 0.3 is 0 Å². The molecule has 2 rings (SSSR count). The van der Waals surface area contributed by atoms with Crippen molar-refractivity contribution in [3.63, 3.8) is 0 Å². The van der Waals surface area contributed by atoms with Gasteiger partial charge in [0.15, 0.2) is 0 Å². The summed E-state index contributed by atoms with van der Waals surface area (Å²) in [5.74, 6) is 1.92. The van der Waals surface area contributed by atoms with E-state index in [0.29, 0.717) is 25.0 Å². The van der Waals surface area contributed by atoms with Crippen LogP contribution in [0, 0.1) is 11.8 Å². The molecule has 1 aromatic carbocycles. The number of aliphatic hydroxyl groups excluding tert-OH is 1. The van der Waals surface area contributed by atoms with Crippen LogP contribution < -0.4 is 4.74 Å². The summed E-state index contributed by atoms with van der Waals surface area (Å²) in [6.45, 7) is 1.70. The van der Waals surface area contributed by atoms with E-state index in [1.165, 1.54) is 0 Å². The van der Waals surface area contributed by atoms with Crippen molar-refractivity contribution in [2.24, 2.45) is 11.8 Å². The lowest BCUT2D eigenvalue weighted by Crippen LogP contribution is -2.00. The molecule has 0 spiro atoms. The zero-order chi connectivity index (χ0) is 11.4. The van der Waals surface area contributed by atoms with Gasteiger partial charge in [0.05, 0.1) is 20.3 Å². The largest absolute Gasteiger partial charge is 0.497 e. The van der Waals surface area contributed by atoms with Crippen LogP contribution in [0.25, 0.3) is 0 Å². The third-order valence-corrected chi connectivity index (χ3v) is 3.06. The number of ether oxygens (including phenoxy) is 2. The van der Waals surface area contributed by atoms with Gasteiger partial charge in [-0.05, 0) is 36.0 Å². The lowest BCUT2D eigenvalue weighted by atomic mass is 10.2. The Morgan fingerprint density at radius 1 is 1.25 bits per heavy atom. The van der Waals surface area contributed by atoms with E-state index in [0.717, 1.165) is 24.3 Å². The normalized spacial score (nSPS) is 23.1. The molecule has 1 N–H and O–H groups in total. The number of rotatable bonds is 6. The average Bonchev–Trinajstić information content (AvgIpc) is 3.09. The fourth-order valence-electron chi connectivity index (χ4n) is 1.79. The highest BCUT2D eigenvalue weighted by molar-refractivity contribution is 5.26. The second-order valence-corrected chi connectivity index (χ2v) is 4.30. The quantitative estimate of drug-likeness (QED) is 0.798. The maximum atomic E-state index is 8.88. The zero-order valence-corrected chi connectivity index (χ0v) is 9.56. The Bertz CT molecular complexity index is 320. The molecule has 0 unspecified atom stereocenters. The van der Waals surface area contributed by atoms with Crippen LogP contribution in [0.5, 0.6) is 5.75 Å². The molecule has 88 valence electrons. The van der Waals surface area contributed by atoms with Crippen molar-refractivity contribution >= 4 is 0 Å². The van der Waals surface area contributed by atoms with E-state index in [-0.39, 0.29) is 0 Å². The van der Waals surface area contributed by atoms with Gasteiger partial charge in [-0.3, -0.25) is 0 Å². The first-order chi connectivity index (χ1) is 7.83. The van der Waals surface area contributed by atoms with Gasteiger partial charge in [0.2, 0.25) is 0 Å². The summed E-state index contributed by atoms with van der Waals surface area (Å²) in [5.41, 5.74) is 1.15. The average molecular weight is 222 g/mol. The van der Waals surface area contributed by atoms with Crippen molar-refractivity contribution in [3.8, 4) is 5.75 Å². The number of hydrogen-bond acceptors (Lipinski definition) is 3. The van der Waals surface area contributed by atoms with Gasteiger partial charge in [-0.15, -0.1) is 0 Å². The Labute approximate surface area is 96.0 Å². The first kappa shape index (κ1) is 11.4. The minimum atomic E-state index is 0.302. The van der Waals surface area contributed by atoms with Crippen molar-refractivity contribution in [1.82, 2.24) is 0 Å². The predicted molar refractivity (Wildman–Crippen MR) is 61.3 cm³/mol. The smallest absolute Gasteiger partial charge is 0.118 e. The monoisotopic (exact) mass is 222 g/mol. The van der Waals surface area contributed by atoms with E-state index in [4.69, 9.17) is 14.6 Å². The summed E-state index contributed by atoms with van der Waals surface area (Å²) in [4.78, 5) is 0. The van der Waals surface area contributed by atoms with Crippen molar-refractivity contribution in [1.29, 1.82) is 0 Å². The molecule has 1 aliphatic carbocycles. The Kier molecular flexibility index (Phi) is 3.80. The first-order valence-electron chi connectivity index (χ1n) is 5.65. The van der Waals surface area contributed by atoms with E-state index in [9.17, 15) is 0 Å². The molecule has 1 fully saturated rings. The van der Waals surface area contributed by atoms with Gasteiger partial charge in [-0.25, -0.2) is 0 Å². The lowest BCUT2D eigenvalue weighted by Gasteiger charge is -2.05. The van der Waals surface area contributed by atoms with Crippen molar-refractivity contribution < 1.29 is 14.6 Å². The van der Waals surface area contributed by atoms with Crippen molar-refractivity contribution in [2.75, 3.05) is 20.3 Å². The van der Waals surface area contributed by atoms with Gasteiger partial charge < -0.3 is 14.6 Å². The Morgan fingerprint density at radius 3 is 2.56 bits per heavy atom. The summed E-state index contributed by atoms with van der Waals surface area (Å²) < 4.78 is 10.7. The van der Waals surface area contributed by atoms with Crippen LogP contribution in [0.1, 0.15) is 12.0 Å². The zero-order valence-electron chi connectivity index (χ0n) is 9.56. The SMILES string of the molecule is COc1ccc(COC[C@@H]2C[C@H]2CO)cc1. The molecule has 3 heteroatoms. The predicted octanol–water partition coefficient (Wildman–Crippen LogP) is 1.84. The minimum absolute atomic E-state index is 0.302. The van der Waals surface area contributed by atoms with E-state index in [1.54, 1.807) is 7.11 Å². The van der Waals surface area contributed by atoms with Gasteiger partial charge in [-0.2, -0.15) is 0 Å². The van der Waals surface area contributed by atoms with E-state index in [1.807, 2.05) is 24.3 Å². The third-order valence-electron chi connectivity index (χ3n) is 3.06. The van der Waals surface area contributed by atoms with Crippen LogP contribution in [0.4, 0.5) is 0 Å². The summed E-state index contributed by atoms with van der Waals surface area (Å²) in [6.07, 6.45) is 1.11. The molecule has 16 heavy (non-hydrogen) atoms. The van der Waals surface area contributed by atoms with Crippen LogP contribution in [0.15, 0.2) is 24.3 Å². The van der Waals surface area contributed by atoms with Crippen LogP contribution in [0.3, 0.4) is 0 Å². The molecular formula is C13H18O3. The molecule has 0 aromatic heterocycles. The molecule has 3 nitrogen and oxygen atoms in total. The number of benzene rings is 1. The first-order valence-corrected chi connectivity index (χ1v) is 5.65. The topological polar surface area (TPSA) is 38.7 Å². The Hall–Kier alpha value is -1.06. The number of hydrogen-bond donors (Lipinski definition) is 1. The van der Waals surface area contributed by atoms with E-state index >= 15 is 0 Å². The van der Waals surface area contributed by atoms with E-state index in [2.05, 4.69) is 0 Å². The molecule has 0 radical (unpaired) electrons. The highest BCUT2D eigenvalue weighted by Gasteiger charge is 2.36. The summed E-state index contributed by atoms with van der Waals surface area (Å²) in [5, 5.41) is 8.88. The molecule has 0 aliphatic heterocycles. The van der Waals surface area contributed by atoms with Crippen molar-refractivity contribution in [2.45, 2.75) is 13.0 Å². The molecule has 0 amide bonds. The lowest BCUT2D eigenvalue weighted by molar-refractivity contribution is 0.104. The Morgan fingerprint density at radius 2 is 2.00 bits per heavy atom. The maximum Gasteiger partial charge on any atom is 0.118 e. The minimum Gasteiger partial charge on any atom is -0.497 e. The van der Waals surface area contributed by atoms with Gasteiger partial charge in [0, 0.05) is 6.61 Å². The van der Waals surface area contributed by atoms with Crippen LogP contribution in [-0.2, 0) is 11.3 Å². The standard InChI is InChI=1S/C13H18O3/c1-15-13-4-2-10(3-5-13)8-16-9-12-6-11(12)7-14/h2-5,11-12,14H,6-9H2,1H3/t11-,12-/m0/s1. The highest BCUT2D eigenvalue weighted by atomic mass is 16.5. The highest BCUT2D eigenvalue weighted by Crippen LogP contribution is 2.37. The molecule has 1 saturated carbocycles. The fourth-order valence-corrected chi connectivity index (χ4v) is 1.79. The second kappa shape index (κ2) is 5.32.